The Kier molecular flexibility index (Phi) is 4.76. The van der Waals surface area contributed by atoms with Crippen molar-refractivity contribution in [3.05, 3.63) is 44.8 Å². The van der Waals surface area contributed by atoms with Crippen molar-refractivity contribution < 1.29 is 4.79 Å². The highest BCUT2D eigenvalue weighted by Gasteiger charge is 2.13. The number of hydrogen-bond acceptors (Lipinski definition) is 4. The molecule has 0 radical (unpaired) electrons. The molecule has 0 saturated heterocycles. The Morgan fingerprint density at radius 3 is 2.10 bits per heavy atom. The van der Waals surface area contributed by atoms with Crippen LogP contribution in [0.4, 0.5) is 11.6 Å². The monoisotopic (exact) mass is 396 g/mol. The lowest BCUT2D eigenvalue weighted by molar-refractivity contribution is 0.102. The highest BCUT2D eigenvalue weighted by molar-refractivity contribution is 14.1. The maximum Gasteiger partial charge on any atom is 0.255 e. The number of amides is 1. The van der Waals surface area contributed by atoms with Crippen LogP contribution in [0, 0.1) is 17.4 Å². The van der Waals surface area contributed by atoms with Crippen molar-refractivity contribution >= 4 is 40.1 Å². The molecule has 0 saturated carbocycles. The van der Waals surface area contributed by atoms with E-state index in [-0.39, 0.29) is 5.91 Å². The van der Waals surface area contributed by atoms with Gasteiger partial charge >= 0.3 is 0 Å². The maximum atomic E-state index is 12.3. The van der Waals surface area contributed by atoms with E-state index in [4.69, 9.17) is 0 Å². The van der Waals surface area contributed by atoms with E-state index in [0.717, 1.165) is 15.0 Å². The van der Waals surface area contributed by atoms with Crippen LogP contribution in [0.5, 0.6) is 0 Å². The van der Waals surface area contributed by atoms with E-state index < -0.39 is 0 Å². The van der Waals surface area contributed by atoms with Crippen LogP contribution in [0.15, 0.2) is 24.3 Å². The number of nitrogens with one attached hydrogen (secondary N) is 1. The van der Waals surface area contributed by atoms with Crippen molar-refractivity contribution in [3.8, 4) is 0 Å². The molecule has 0 aliphatic heterocycles. The molecule has 0 unspecified atom stereocenters. The number of aryl methyl sites for hydroxylation is 2. The highest BCUT2D eigenvalue weighted by atomic mass is 127. The number of carbonyl (C=O) groups is 1. The zero-order valence-corrected chi connectivity index (χ0v) is 14.6. The lowest BCUT2D eigenvalue weighted by Crippen LogP contribution is -2.18. The maximum absolute atomic E-state index is 12.3. The van der Waals surface area contributed by atoms with Gasteiger partial charge in [0, 0.05) is 23.2 Å². The Hall–Kier alpha value is -1.70. The van der Waals surface area contributed by atoms with Crippen LogP contribution in [0.1, 0.15) is 21.7 Å². The van der Waals surface area contributed by atoms with E-state index in [0.29, 0.717) is 17.2 Å². The quantitative estimate of drug-likeness (QED) is 0.811. The summed E-state index contributed by atoms with van der Waals surface area (Å²) in [6.45, 7) is 3.73. The van der Waals surface area contributed by atoms with Crippen LogP contribution >= 0.6 is 22.6 Å². The van der Waals surface area contributed by atoms with Crippen molar-refractivity contribution in [1.29, 1.82) is 0 Å². The van der Waals surface area contributed by atoms with E-state index in [1.165, 1.54) is 0 Å². The van der Waals surface area contributed by atoms with Gasteiger partial charge < -0.3 is 10.2 Å². The number of benzene rings is 1. The lowest BCUT2D eigenvalue weighted by atomic mass is 10.2. The molecule has 110 valence electrons. The Morgan fingerprint density at radius 2 is 1.62 bits per heavy atom. The minimum Gasteiger partial charge on any atom is -0.347 e. The molecule has 1 N–H and O–H groups in total. The second kappa shape index (κ2) is 6.38. The van der Waals surface area contributed by atoms with Gasteiger partial charge in [0.05, 0.1) is 17.1 Å². The molecule has 0 atom stereocenters. The molecule has 1 aromatic heterocycles. The average Bonchev–Trinajstić information content (AvgIpc) is 2.43. The SMILES string of the molecule is Cc1nc(N(C)C)nc(C)c1NC(=O)c1ccc(I)cc1. The molecule has 6 heteroatoms. The number of anilines is 2. The largest absolute Gasteiger partial charge is 0.347 e. The molecule has 0 spiro atoms. The molecular weight excluding hydrogens is 379 g/mol. The van der Waals surface area contributed by atoms with E-state index in [1.54, 1.807) is 12.1 Å². The summed E-state index contributed by atoms with van der Waals surface area (Å²) in [5.74, 6) is 0.482. The fraction of sp³-hybridized carbons (Fsp3) is 0.267. The second-order valence-corrected chi connectivity index (χ2v) is 6.17. The topological polar surface area (TPSA) is 58.1 Å². The normalized spacial score (nSPS) is 10.3. The van der Waals surface area contributed by atoms with Gasteiger partial charge in [-0.05, 0) is 60.7 Å². The van der Waals surface area contributed by atoms with Gasteiger partial charge in [-0.3, -0.25) is 4.79 Å². The Balaban J connectivity index is 2.27. The Morgan fingerprint density at radius 1 is 1.10 bits per heavy atom. The van der Waals surface area contributed by atoms with Crippen molar-refractivity contribution in [2.45, 2.75) is 13.8 Å². The van der Waals surface area contributed by atoms with Crippen molar-refractivity contribution in [2.75, 3.05) is 24.3 Å². The summed E-state index contributed by atoms with van der Waals surface area (Å²) in [6.07, 6.45) is 0. The van der Waals surface area contributed by atoms with Crippen LogP contribution < -0.4 is 10.2 Å². The first kappa shape index (κ1) is 15.7. The molecule has 0 fully saturated rings. The second-order valence-electron chi connectivity index (χ2n) is 4.92. The van der Waals surface area contributed by atoms with Crippen LogP contribution in [0.3, 0.4) is 0 Å². The number of halogens is 1. The molecule has 5 nitrogen and oxygen atoms in total. The molecule has 2 rings (SSSR count). The zero-order chi connectivity index (χ0) is 15.6. The van der Waals surface area contributed by atoms with Crippen molar-refractivity contribution in [3.63, 3.8) is 0 Å². The number of carbonyl (C=O) groups excluding carboxylic acids is 1. The molecule has 21 heavy (non-hydrogen) atoms. The standard InChI is InChI=1S/C15H17IN4O/c1-9-13(10(2)18-15(17-9)20(3)4)19-14(21)11-5-7-12(16)8-6-11/h5-8H,1-4H3,(H,19,21). The summed E-state index contributed by atoms with van der Waals surface area (Å²) in [7, 11) is 3.77. The van der Waals surface area contributed by atoms with E-state index in [1.807, 2.05) is 45.0 Å². The zero-order valence-electron chi connectivity index (χ0n) is 12.4. The molecule has 0 aliphatic rings. The van der Waals surface area contributed by atoms with Crippen LogP contribution in [-0.4, -0.2) is 30.0 Å². The van der Waals surface area contributed by atoms with E-state index in [9.17, 15) is 4.79 Å². The highest BCUT2D eigenvalue weighted by Crippen LogP contribution is 2.20. The third-order valence-electron chi connectivity index (χ3n) is 3.00. The number of aromatic nitrogens is 2. The lowest BCUT2D eigenvalue weighted by Gasteiger charge is -2.15. The van der Waals surface area contributed by atoms with Crippen LogP contribution in [-0.2, 0) is 0 Å². The van der Waals surface area contributed by atoms with Gasteiger partial charge in [-0.2, -0.15) is 0 Å². The number of rotatable bonds is 3. The minimum atomic E-state index is -0.154. The summed E-state index contributed by atoms with van der Waals surface area (Å²) >= 11 is 2.21. The van der Waals surface area contributed by atoms with Crippen molar-refractivity contribution in [1.82, 2.24) is 9.97 Å². The molecule has 1 amide bonds. The van der Waals surface area contributed by atoms with Gasteiger partial charge in [-0.25, -0.2) is 9.97 Å². The average molecular weight is 396 g/mol. The molecule has 1 aromatic carbocycles. The van der Waals surface area contributed by atoms with E-state index >= 15 is 0 Å². The van der Waals surface area contributed by atoms with Gasteiger partial charge in [0.2, 0.25) is 5.95 Å². The molecule has 0 aliphatic carbocycles. The third-order valence-corrected chi connectivity index (χ3v) is 3.72. The molecule has 2 aromatic rings. The molecule has 0 bridgehead atoms. The number of hydrogen-bond donors (Lipinski definition) is 1. The summed E-state index contributed by atoms with van der Waals surface area (Å²) in [5.41, 5.74) is 2.80. The van der Waals surface area contributed by atoms with Gasteiger partial charge in [0.25, 0.3) is 5.91 Å². The van der Waals surface area contributed by atoms with Gasteiger partial charge in [0.1, 0.15) is 0 Å². The third kappa shape index (κ3) is 3.69. The molecular formula is C15H17IN4O. The first-order valence-corrected chi connectivity index (χ1v) is 7.56. The Bertz CT molecular complexity index is 645. The summed E-state index contributed by atoms with van der Waals surface area (Å²) in [4.78, 5) is 22.9. The number of nitrogens with zero attached hydrogens (tertiary/aromatic N) is 3. The predicted octanol–water partition coefficient (Wildman–Crippen LogP) is 3.02. The van der Waals surface area contributed by atoms with Gasteiger partial charge in [-0.15, -0.1) is 0 Å². The fourth-order valence-corrected chi connectivity index (χ4v) is 2.23. The predicted molar refractivity (Wildman–Crippen MR) is 92.9 cm³/mol. The fourth-order valence-electron chi connectivity index (χ4n) is 1.87. The minimum absolute atomic E-state index is 0.154. The van der Waals surface area contributed by atoms with Crippen LogP contribution in [0.2, 0.25) is 0 Å². The van der Waals surface area contributed by atoms with Gasteiger partial charge in [0.15, 0.2) is 0 Å². The first-order valence-electron chi connectivity index (χ1n) is 6.48. The Labute approximate surface area is 137 Å². The summed E-state index contributed by atoms with van der Waals surface area (Å²) < 4.78 is 1.09. The van der Waals surface area contributed by atoms with E-state index in [2.05, 4.69) is 37.9 Å². The van der Waals surface area contributed by atoms with Crippen molar-refractivity contribution in [2.24, 2.45) is 0 Å². The summed E-state index contributed by atoms with van der Waals surface area (Å²) in [5, 5.41) is 2.90. The summed E-state index contributed by atoms with van der Waals surface area (Å²) in [6, 6.07) is 7.41. The van der Waals surface area contributed by atoms with Gasteiger partial charge in [-0.1, -0.05) is 0 Å². The first-order chi connectivity index (χ1) is 9.88. The van der Waals surface area contributed by atoms with Crippen LogP contribution in [0.25, 0.3) is 0 Å². The molecule has 1 heterocycles. The smallest absolute Gasteiger partial charge is 0.255 e.